The van der Waals surface area contributed by atoms with Crippen LogP contribution in [0, 0.1) is 5.92 Å². The van der Waals surface area contributed by atoms with Gasteiger partial charge in [-0.1, -0.05) is 0 Å². The Labute approximate surface area is 193 Å². The van der Waals surface area contributed by atoms with Gasteiger partial charge < -0.3 is 19.5 Å². The maximum atomic E-state index is 13.3. The molecule has 8 nitrogen and oxygen atoms in total. The van der Waals surface area contributed by atoms with E-state index in [2.05, 4.69) is 15.0 Å². The predicted octanol–water partition coefficient (Wildman–Crippen LogP) is 3.22. The summed E-state index contributed by atoms with van der Waals surface area (Å²) < 4.78 is 5.18. The van der Waals surface area contributed by atoms with E-state index in [0.717, 1.165) is 61.5 Å². The van der Waals surface area contributed by atoms with Gasteiger partial charge in [0.25, 0.3) is 5.91 Å². The van der Waals surface area contributed by atoms with E-state index in [9.17, 15) is 9.59 Å². The molecular weight excluding hydrogens is 418 g/mol. The average Bonchev–Trinajstić information content (AvgIpc) is 3.32. The zero-order valence-corrected chi connectivity index (χ0v) is 18.9. The number of carbonyl (C=O) groups excluding carboxylic acids is 2. The highest BCUT2D eigenvalue weighted by molar-refractivity contribution is 5.95. The standard InChI is InChI=1S/C25H29N5O3/c1-33-20-8-6-18(7-9-20)24(31)30-13-3-4-19(16-30)25(32)29-14-10-17(11-15-29)22-27-21-5-2-12-26-23(21)28-22/h2,5-9,12,17,19H,3-4,10-11,13-16H2,1H3,(H,26,27,28). The number of H-pyrrole nitrogens is 1. The molecule has 0 aliphatic carbocycles. The highest BCUT2D eigenvalue weighted by Gasteiger charge is 2.34. The largest absolute Gasteiger partial charge is 0.497 e. The molecule has 2 aromatic heterocycles. The minimum Gasteiger partial charge on any atom is -0.497 e. The molecule has 0 spiro atoms. The molecule has 2 fully saturated rings. The van der Waals surface area contributed by atoms with Crippen molar-refractivity contribution in [2.45, 2.75) is 31.6 Å². The summed E-state index contributed by atoms with van der Waals surface area (Å²) in [5, 5.41) is 0. The number of nitrogens with one attached hydrogen (secondary N) is 1. The van der Waals surface area contributed by atoms with Crippen LogP contribution in [0.4, 0.5) is 0 Å². The Hall–Kier alpha value is -3.42. The van der Waals surface area contributed by atoms with Gasteiger partial charge in [0.05, 0.1) is 18.5 Å². The van der Waals surface area contributed by atoms with E-state index in [-0.39, 0.29) is 17.7 Å². The molecule has 4 heterocycles. The number of aromatic amines is 1. The first-order valence-electron chi connectivity index (χ1n) is 11.6. The van der Waals surface area contributed by atoms with Gasteiger partial charge in [0.1, 0.15) is 11.6 Å². The first-order valence-corrected chi connectivity index (χ1v) is 11.6. The Balaban J connectivity index is 1.18. The van der Waals surface area contributed by atoms with Gasteiger partial charge in [-0.25, -0.2) is 9.97 Å². The predicted molar refractivity (Wildman–Crippen MR) is 124 cm³/mol. The summed E-state index contributed by atoms with van der Waals surface area (Å²) in [6.07, 6.45) is 5.20. The van der Waals surface area contributed by atoms with Crippen LogP contribution in [0.2, 0.25) is 0 Å². The van der Waals surface area contributed by atoms with Crippen LogP contribution >= 0.6 is 0 Å². The van der Waals surface area contributed by atoms with Gasteiger partial charge in [-0.05, 0) is 62.1 Å². The van der Waals surface area contributed by atoms with Crippen molar-refractivity contribution in [1.29, 1.82) is 0 Å². The molecule has 5 rings (SSSR count). The van der Waals surface area contributed by atoms with Crippen molar-refractivity contribution in [3.8, 4) is 5.75 Å². The first kappa shape index (κ1) is 21.4. The quantitative estimate of drug-likeness (QED) is 0.663. The van der Waals surface area contributed by atoms with E-state index in [1.54, 1.807) is 37.6 Å². The maximum Gasteiger partial charge on any atom is 0.253 e. The zero-order valence-electron chi connectivity index (χ0n) is 18.9. The number of pyridine rings is 1. The molecule has 33 heavy (non-hydrogen) atoms. The fourth-order valence-corrected chi connectivity index (χ4v) is 4.97. The smallest absolute Gasteiger partial charge is 0.253 e. The molecule has 0 bridgehead atoms. The highest BCUT2D eigenvalue weighted by Crippen LogP contribution is 2.29. The Kier molecular flexibility index (Phi) is 5.98. The summed E-state index contributed by atoms with van der Waals surface area (Å²) in [6, 6.07) is 11.0. The number of benzene rings is 1. The van der Waals surface area contributed by atoms with Crippen LogP contribution in [-0.4, -0.2) is 69.9 Å². The lowest BCUT2D eigenvalue weighted by Crippen LogP contribution is -2.48. The van der Waals surface area contributed by atoms with Crippen molar-refractivity contribution in [3.63, 3.8) is 0 Å². The summed E-state index contributed by atoms with van der Waals surface area (Å²) in [5.41, 5.74) is 2.33. The number of methoxy groups -OCH3 is 1. The molecule has 0 saturated carbocycles. The van der Waals surface area contributed by atoms with Gasteiger partial charge in [0.2, 0.25) is 5.91 Å². The van der Waals surface area contributed by atoms with Crippen molar-refractivity contribution in [1.82, 2.24) is 24.8 Å². The van der Waals surface area contributed by atoms with Crippen LogP contribution in [0.5, 0.6) is 5.75 Å². The van der Waals surface area contributed by atoms with E-state index >= 15 is 0 Å². The third-order valence-corrected chi connectivity index (χ3v) is 6.86. The minimum absolute atomic E-state index is 0.0210. The molecule has 172 valence electrons. The number of aromatic nitrogens is 3. The van der Waals surface area contributed by atoms with Gasteiger partial charge >= 0.3 is 0 Å². The lowest BCUT2D eigenvalue weighted by molar-refractivity contribution is -0.138. The minimum atomic E-state index is -0.132. The number of hydrogen-bond donors (Lipinski definition) is 1. The van der Waals surface area contributed by atoms with Crippen molar-refractivity contribution in [2.75, 3.05) is 33.3 Å². The number of ether oxygens (including phenoxy) is 1. The summed E-state index contributed by atoms with van der Waals surface area (Å²) in [7, 11) is 1.61. The second-order valence-corrected chi connectivity index (χ2v) is 8.91. The van der Waals surface area contributed by atoms with Crippen LogP contribution in [-0.2, 0) is 4.79 Å². The third-order valence-electron chi connectivity index (χ3n) is 6.86. The van der Waals surface area contributed by atoms with E-state index in [1.165, 1.54) is 0 Å². The van der Waals surface area contributed by atoms with Crippen molar-refractivity contribution >= 4 is 23.0 Å². The Bertz CT molecular complexity index is 1100. The third kappa shape index (κ3) is 4.42. The molecule has 2 aliphatic heterocycles. The molecule has 1 atom stereocenters. The van der Waals surface area contributed by atoms with Gasteiger partial charge in [0.15, 0.2) is 5.65 Å². The Morgan fingerprint density at radius 2 is 1.82 bits per heavy atom. The monoisotopic (exact) mass is 447 g/mol. The number of hydrogen-bond acceptors (Lipinski definition) is 5. The summed E-state index contributed by atoms with van der Waals surface area (Å²) in [6.45, 7) is 2.61. The molecule has 3 aromatic rings. The van der Waals surface area contributed by atoms with E-state index in [1.807, 2.05) is 21.9 Å². The average molecular weight is 448 g/mol. The second kappa shape index (κ2) is 9.21. The number of fused-ring (bicyclic) bond motifs is 1. The van der Waals surface area contributed by atoms with Gasteiger partial charge in [-0.3, -0.25) is 9.59 Å². The van der Waals surface area contributed by atoms with Crippen LogP contribution in [0.1, 0.15) is 47.8 Å². The lowest BCUT2D eigenvalue weighted by Gasteiger charge is -2.37. The Morgan fingerprint density at radius 3 is 2.55 bits per heavy atom. The fraction of sp³-hybridized carbons (Fsp3) is 0.440. The van der Waals surface area contributed by atoms with Crippen LogP contribution in [0.3, 0.4) is 0 Å². The molecule has 1 unspecified atom stereocenters. The van der Waals surface area contributed by atoms with E-state index < -0.39 is 0 Å². The number of carbonyl (C=O) groups is 2. The normalized spacial score (nSPS) is 19.6. The van der Waals surface area contributed by atoms with E-state index in [4.69, 9.17) is 4.74 Å². The molecule has 2 amide bonds. The van der Waals surface area contributed by atoms with Gasteiger partial charge in [0, 0.05) is 43.9 Å². The van der Waals surface area contributed by atoms with Crippen molar-refractivity contribution in [3.05, 3.63) is 54.0 Å². The van der Waals surface area contributed by atoms with Crippen molar-refractivity contribution in [2.24, 2.45) is 5.92 Å². The van der Waals surface area contributed by atoms with Crippen LogP contribution < -0.4 is 4.74 Å². The number of likely N-dealkylation sites (tertiary alicyclic amines) is 2. The number of nitrogens with zero attached hydrogens (tertiary/aromatic N) is 4. The molecule has 8 heteroatoms. The first-order chi connectivity index (χ1) is 16.1. The van der Waals surface area contributed by atoms with Gasteiger partial charge in [-0.2, -0.15) is 0 Å². The molecule has 2 aliphatic rings. The molecule has 2 saturated heterocycles. The van der Waals surface area contributed by atoms with Gasteiger partial charge in [-0.15, -0.1) is 0 Å². The van der Waals surface area contributed by atoms with E-state index in [0.29, 0.717) is 24.6 Å². The second-order valence-electron chi connectivity index (χ2n) is 8.91. The summed E-state index contributed by atoms with van der Waals surface area (Å²) >= 11 is 0. The number of amides is 2. The topological polar surface area (TPSA) is 91.4 Å². The SMILES string of the molecule is COc1ccc(C(=O)N2CCCC(C(=O)N3CCC(c4nc5ncccc5[nH]4)CC3)C2)cc1. The van der Waals surface area contributed by atoms with Crippen LogP contribution in [0.15, 0.2) is 42.6 Å². The molecule has 0 radical (unpaired) electrons. The molecular formula is C25H29N5O3. The molecule has 1 aromatic carbocycles. The summed E-state index contributed by atoms with van der Waals surface area (Å²) in [5.74, 6) is 2.01. The van der Waals surface area contributed by atoms with Crippen LogP contribution in [0.25, 0.3) is 11.2 Å². The lowest BCUT2D eigenvalue weighted by atomic mass is 9.92. The summed E-state index contributed by atoms with van der Waals surface area (Å²) in [4.78, 5) is 42.4. The fourth-order valence-electron chi connectivity index (χ4n) is 4.97. The molecule has 1 N–H and O–H groups in total. The number of imidazole rings is 1. The Morgan fingerprint density at radius 1 is 1.03 bits per heavy atom. The number of rotatable bonds is 4. The highest BCUT2D eigenvalue weighted by atomic mass is 16.5. The number of piperidine rings is 2. The maximum absolute atomic E-state index is 13.3. The van der Waals surface area contributed by atoms with Crippen molar-refractivity contribution < 1.29 is 14.3 Å². The zero-order chi connectivity index (χ0) is 22.8.